The van der Waals surface area contributed by atoms with Crippen LogP contribution in [0.1, 0.15) is 57.9 Å². The molecule has 2 aromatic rings. The molecule has 1 atom stereocenters. The van der Waals surface area contributed by atoms with Gasteiger partial charge in [0.2, 0.25) is 11.8 Å². The number of rotatable bonds is 10. The van der Waals surface area contributed by atoms with Crippen molar-refractivity contribution in [3.8, 4) is 0 Å². The van der Waals surface area contributed by atoms with Gasteiger partial charge in [-0.15, -0.1) is 0 Å². The molecule has 0 unspecified atom stereocenters. The number of benzene rings is 1. The number of aromatic nitrogens is 1. The summed E-state index contributed by atoms with van der Waals surface area (Å²) in [5.74, 6) is -1.04. The molecule has 1 aromatic carbocycles. The fraction of sp³-hybridized carbons (Fsp3) is 0.560. The van der Waals surface area contributed by atoms with Crippen LogP contribution in [0.2, 0.25) is 0 Å². The Hall–Kier alpha value is -2.94. The zero-order chi connectivity index (χ0) is 25.0. The zero-order valence-electron chi connectivity index (χ0n) is 20.7. The number of carbonyl (C=O) groups excluding carboxylic acids is 3. The minimum Gasteiger partial charge on any atom is -0.382 e. The Kier molecular flexibility index (Phi) is 7.97. The van der Waals surface area contributed by atoms with Crippen molar-refractivity contribution in [3.05, 3.63) is 29.7 Å². The molecule has 0 spiro atoms. The van der Waals surface area contributed by atoms with Gasteiger partial charge in [-0.25, -0.2) is 4.39 Å². The fourth-order valence-corrected chi connectivity index (χ4v) is 4.44. The van der Waals surface area contributed by atoms with E-state index in [0.717, 1.165) is 6.42 Å². The molecule has 9 heteroatoms. The summed E-state index contributed by atoms with van der Waals surface area (Å²) in [5.41, 5.74) is -0.0615. The second kappa shape index (κ2) is 10.5. The third-order valence-electron chi connectivity index (χ3n) is 6.21. The normalized spacial score (nSPS) is 17.9. The van der Waals surface area contributed by atoms with Crippen molar-refractivity contribution in [2.45, 2.75) is 59.5 Å². The third kappa shape index (κ3) is 5.09. The molecule has 3 rings (SSSR count). The maximum Gasteiger partial charge on any atom is 0.273 e. The quantitative estimate of drug-likeness (QED) is 0.515. The lowest BCUT2D eigenvalue weighted by Crippen LogP contribution is -2.64. The highest BCUT2D eigenvalue weighted by Crippen LogP contribution is 2.39. The van der Waals surface area contributed by atoms with Crippen molar-refractivity contribution >= 4 is 34.3 Å². The highest BCUT2D eigenvalue weighted by molar-refractivity contribution is 6.14. The monoisotopic (exact) mass is 474 g/mol. The van der Waals surface area contributed by atoms with Crippen LogP contribution in [0.25, 0.3) is 10.9 Å². The fourth-order valence-electron chi connectivity index (χ4n) is 4.44. The van der Waals surface area contributed by atoms with Gasteiger partial charge in [0.15, 0.2) is 0 Å². The van der Waals surface area contributed by atoms with Crippen LogP contribution in [-0.2, 0) is 20.9 Å². The largest absolute Gasteiger partial charge is 0.382 e. The molecule has 0 bridgehead atoms. The second-order valence-corrected chi connectivity index (χ2v) is 9.37. The van der Waals surface area contributed by atoms with Gasteiger partial charge < -0.3 is 24.8 Å². The number of fused-ring (bicyclic) bond motifs is 3. The first kappa shape index (κ1) is 25.7. The van der Waals surface area contributed by atoms with Crippen LogP contribution in [0.3, 0.4) is 0 Å². The lowest BCUT2D eigenvalue weighted by Gasteiger charge is -2.44. The van der Waals surface area contributed by atoms with E-state index in [0.29, 0.717) is 49.5 Å². The van der Waals surface area contributed by atoms with E-state index in [1.54, 1.807) is 22.5 Å². The topological polar surface area (TPSA) is 92.7 Å². The number of carbonyl (C=O) groups is 3. The van der Waals surface area contributed by atoms with Gasteiger partial charge >= 0.3 is 0 Å². The summed E-state index contributed by atoms with van der Waals surface area (Å²) in [6.07, 6.45) is 1.38. The summed E-state index contributed by atoms with van der Waals surface area (Å²) in [5, 5.41) is 6.14. The van der Waals surface area contributed by atoms with Crippen molar-refractivity contribution in [1.82, 2.24) is 14.8 Å². The van der Waals surface area contributed by atoms with Crippen molar-refractivity contribution in [2.75, 3.05) is 31.6 Å². The van der Waals surface area contributed by atoms with Gasteiger partial charge in [-0.1, -0.05) is 13.8 Å². The standard InChI is InChI=1S/C25H35FN4O4/c1-6-34-13-7-12-30-23(32)22-21(28-17(4)31)19-14-18(26)8-9-20(19)29(22)15-25(30,5)24(33)27-11-10-16(2)3/h8-9,14,16H,6-7,10-13,15H2,1-5H3,(H,27,33)(H,28,31)/t25-/m0/s1. The SMILES string of the molecule is CCOCCCN1C(=O)c2c(NC(C)=O)c3cc(F)ccc3n2C[C@@]1(C)C(=O)NCCC(C)C. The van der Waals surface area contributed by atoms with Gasteiger partial charge in [-0.05, 0) is 50.8 Å². The van der Waals surface area contributed by atoms with E-state index in [9.17, 15) is 18.8 Å². The van der Waals surface area contributed by atoms with E-state index < -0.39 is 11.4 Å². The molecule has 3 amide bonds. The van der Waals surface area contributed by atoms with E-state index in [1.807, 2.05) is 6.92 Å². The molecule has 8 nitrogen and oxygen atoms in total. The van der Waals surface area contributed by atoms with E-state index in [4.69, 9.17) is 4.74 Å². The third-order valence-corrected chi connectivity index (χ3v) is 6.21. The lowest BCUT2D eigenvalue weighted by molar-refractivity contribution is -0.133. The molecule has 0 saturated heterocycles. The van der Waals surface area contributed by atoms with Gasteiger partial charge in [-0.3, -0.25) is 14.4 Å². The van der Waals surface area contributed by atoms with Crippen LogP contribution in [0.4, 0.5) is 10.1 Å². The Morgan fingerprint density at radius 1 is 1.29 bits per heavy atom. The zero-order valence-corrected chi connectivity index (χ0v) is 20.7. The highest BCUT2D eigenvalue weighted by atomic mass is 19.1. The second-order valence-electron chi connectivity index (χ2n) is 9.37. The maximum atomic E-state index is 14.1. The average Bonchev–Trinajstić information content (AvgIpc) is 3.04. The van der Waals surface area contributed by atoms with E-state index in [1.165, 1.54) is 19.1 Å². The highest BCUT2D eigenvalue weighted by Gasteiger charge is 2.48. The van der Waals surface area contributed by atoms with E-state index in [-0.39, 0.29) is 35.6 Å². The summed E-state index contributed by atoms with van der Waals surface area (Å²) < 4.78 is 21.3. The van der Waals surface area contributed by atoms with Crippen molar-refractivity contribution in [3.63, 3.8) is 0 Å². The molecular weight excluding hydrogens is 439 g/mol. The van der Waals surface area contributed by atoms with Crippen molar-refractivity contribution in [2.24, 2.45) is 5.92 Å². The number of halogens is 1. The molecular formula is C25H35FN4O4. The first-order chi connectivity index (χ1) is 16.1. The Morgan fingerprint density at radius 3 is 2.68 bits per heavy atom. The number of hydrogen-bond acceptors (Lipinski definition) is 4. The molecule has 2 heterocycles. The first-order valence-electron chi connectivity index (χ1n) is 11.9. The van der Waals surface area contributed by atoms with Crippen LogP contribution in [0.15, 0.2) is 18.2 Å². The Labute approximate surface area is 199 Å². The molecule has 0 fully saturated rings. The first-order valence-corrected chi connectivity index (χ1v) is 11.9. The number of anilines is 1. The predicted octanol–water partition coefficient (Wildman–Crippen LogP) is 3.54. The molecule has 1 aromatic heterocycles. The molecule has 1 aliphatic heterocycles. The number of amides is 3. The van der Waals surface area contributed by atoms with Crippen LogP contribution < -0.4 is 10.6 Å². The summed E-state index contributed by atoms with van der Waals surface area (Å²) in [6, 6.07) is 4.19. The summed E-state index contributed by atoms with van der Waals surface area (Å²) in [7, 11) is 0. The van der Waals surface area contributed by atoms with E-state index >= 15 is 0 Å². The van der Waals surface area contributed by atoms with Gasteiger partial charge in [0.05, 0.1) is 17.7 Å². The van der Waals surface area contributed by atoms with Crippen molar-refractivity contribution < 1.29 is 23.5 Å². The molecule has 0 aliphatic carbocycles. The maximum absolute atomic E-state index is 14.1. The van der Waals surface area contributed by atoms with Crippen molar-refractivity contribution in [1.29, 1.82) is 0 Å². The van der Waals surface area contributed by atoms with Crippen LogP contribution in [0.5, 0.6) is 0 Å². The number of hydrogen-bond donors (Lipinski definition) is 2. The molecule has 186 valence electrons. The lowest BCUT2D eigenvalue weighted by atomic mass is 9.94. The van der Waals surface area contributed by atoms with Gasteiger partial charge in [0, 0.05) is 38.6 Å². The Balaban J connectivity index is 2.09. The van der Waals surface area contributed by atoms with Gasteiger partial charge in [0.25, 0.3) is 5.91 Å². The van der Waals surface area contributed by atoms with E-state index in [2.05, 4.69) is 24.5 Å². The molecule has 0 radical (unpaired) electrons. The Bertz CT molecular complexity index is 1080. The minimum atomic E-state index is -1.17. The van der Waals surface area contributed by atoms with Gasteiger partial charge in [-0.2, -0.15) is 0 Å². The average molecular weight is 475 g/mol. The number of nitrogens with zero attached hydrogens (tertiary/aromatic N) is 2. The number of ether oxygens (including phenoxy) is 1. The van der Waals surface area contributed by atoms with Crippen LogP contribution >= 0.6 is 0 Å². The summed E-state index contributed by atoms with van der Waals surface area (Å²) in [6.45, 7) is 11.2. The Morgan fingerprint density at radius 2 is 2.03 bits per heavy atom. The predicted molar refractivity (Wildman–Crippen MR) is 129 cm³/mol. The molecule has 34 heavy (non-hydrogen) atoms. The minimum absolute atomic E-state index is 0.179. The molecule has 2 N–H and O–H groups in total. The van der Waals surface area contributed by atoms with Crippen LogP contribution in [0, 0.1) is 11.7 Å². The summed E-state index contributed by atoms with van der Waals surface area (Å²) in [4.78, 5) is 40.8. The summed E-state index contributed by atoms with van der Waals surface area (Å²) >= 11 is 0. The van der Waals surface area contributed by atoms with Gasteiger partial charge in [0.1, 0.15) is 17.1 Å². The molecule has 1 aliphatic rings. The van der Waals surface area contributed by atoms with Crippen LogP contribution in [-0.4, -0.2) is 59.0 Å². The molecule has 0 saturated carbocycles. The smallest absolute Gasteiger partial charge is 0.273 e. The number of nitrogens with one attached hydrogen (secondary N) is 2.